The minimum atomic E-state index is 0.0997. The molecule has 1 rings (SSSR count). The van der Waals surface area contributed by atoms with Gasteiger partial charge < -0.3 is 5.73 Å². The highest BCUT2D eigenvalue weighted by Crippen LogP contribution is 2.18. The molecule has 0 fully saturated rings. The molecule has 0 heterocycles. The van der Waals surface area contributed by atoms with Crippen molar-refractivity contribution in [1.29, 1.82) is 0 Å². The van der Waals surface area contributed by atoms with Gasteiger partial charge in [0.05, 0.1) is 0 Å². The van der Waals surface area contributed by atoms with Crippen LogP contribution < -0.4 is 5.73 Å². The first kappa shape index (κ1) is 11.0. The Kier molecular flexibility index (Phi) is 3.48. The van der Waals surface area contributed by atoms with E-state index >= 15 is 0 Å². The van der Waals surface area contributed by atoms with E-state index < -0.39 is 0 Å². The SMILES string of the molecule is CC(C)(C)[C@H](N)/C=C/c1ccccc1. The van der Waals surface area contributed by atoms with Crippen LogP contribution in [0.1, 0.15) is 26.3 Å². The Hall–Kier alpha value is -1.08. The number of hydrogen-bond acceptors (Lipinski definition) is 1. The Morgan fingerprint density at radius 2 is 1.71 bits per heavy atom. The van der Waals surface area contributed by atoms with Crippen molar-refractivity contribution in [3.8, 4) is 0 Å². The first-order valence-corrected chi connectivity index (χ1v) is 4.99. The highest BCUT2D eigenvalue weighted by atomic mass is 14.7. The van der Waals surface area contributed by atoms with Gasteiger partial charge in [-0.3, -0.25) is 0 Å². The molecular weight excluding hydrogens is 170 g/mol. The topological polar surface area (TPSA) is 26.0 Å². The van der Waals surface area contributed by atoms with E-state index in [0.29, 0.717) is 0 Å². The lowest BCUT2D eigenvalue weighted by Crippen LogP contribution is -2.32. The minimum absolute atomic E-state index is 0.0997. The van der Waals surface area contributed by atoms with Crippen molar-refractivity contribution in [3.05, 3.63) is 42.0 Å². The molecule has 0 saturated heterocycles. The van der Waals surface area contributed by atoms with Gasteiger partial charge in [0, 0.05) is 6.04 Å². The molecule has 0 aromatic heterocycles. The summed E-state index contributed by atoms with van der Waals surface area (Å²) in [4.78, 5) is 0. The molecule has 1 nitrogen and oxygen atoms in total. The molecule has 14 heavy (non-hydrogen) atoms. The van der Waals surface area contributed by atoms with Crippen molar-refractivity contribution in [2.24, 2.45) is 11.1 Å². The van der Waals surface area contributed by atoms with E-state index in [-0.39, 0.29) is 11.5 Å². The minimum Gasteiger partial charge on any atom is -0.324 e. The van der Waals surface area contributed by atoms with Gasteiger partial charge in [0.2, 0.25) is 0 Å². The van der Waals surface area contributed by atoms with Gasteiger partial charge in [-0.2, -0.15) is 0 Å². The van der Waals surface area contributed by atoms with Gasteiger partial charge in [0.15, 0.2) is 0 Å². The Morgan fingerprint density at radius 1 is 1.14 bits per heavy atom. The predicted octanol–water partition coefficient (Wildman–Crippen LogP) is 3.07. The Labute approximate surface area is 86.6 Å². The third-order valence-electron chi connectivity index (χ3n) is 2.30. The molecule has 0 spiro atoms. The average molecular weight is 189 g/mol. The fourth-order valence-electron chi connectivity index (χ4n) is 1.07. The van der Waals surface area contributed by atoms with Gasteiger partial charge in [-0.1, -0.05) is 63.3 Å². The summed E-state index contributed by atoms with van der Waals surface area (Å²) in [7, 11) is 0. The van der Waals surface area contributed by atoms with Gasteiger partial charge in [0.1, 0.15) is 0 Å². The summed E-state index contributed by atoms with van der Waals surface area (Å²) in [6.07, 6.45) is 4.14. The van der Waals surface area contributed by atoms with Crippen molar-refractivity contribution < 1.29 is 0 Å². The van der Waals surface area contributed by atoms with E-state index in [4.69, 9.17) is 5.73 Å². The Balaban J connectivity index is 2.66. The molecule has 0 unspecified atom stereocenters. The van der Waals surface area contributed by atoms with Crippen molar-refractivity contribution in [1.82, 2.24) is 0 Å². The zero-order chi connectivity index (χ0) is 10.6. The summed E-state index contributed by atoms with van der Waals surface area (Å²) in [5, 5.41) is 0. The third kappa shape index (κ3) is 3.35. The summed E-state index contributed by atoms with van der Waals surface area (Å²) in [5.41, 5.74) is 7.34. The molecule has 0 saturated carbocycles. The lowest BCUT2D eigenvalue weighted by atomic mass is 9.87. The maximum absolute atomic E-state index is 6.01. The van der Waals surface area contributed by atoms with E-state index in [1.165, 1.54) is 5.56 Å². The number of rotatable bonds is 2. The zero-order valence-corrected chi connectivity index (χ0v) is 9.20. The van der Waals surface area contributed by atoms with Crippen LogP contribution in [0, 0.1) is 5.41 Å². The van der Waals surface area contributed by atoms with E-state index in [1.54, 1.807) is 0 Å². The van der Waals surface area contributed by atoms with E-state index in [2.05, 4.69) is 45.1 Å². The predicted molar refractivity (Wildman–Crippen MR) is 62.9 cm³/mol. The molecule has 0 aliphatic heterocycles. The first-order chi connectivity index (χ1) is 6.50. The molecule has 0 bridgehead atoms. The van der Waals surface area contributed by atoms with Crippen molar-refractivity contribution in [3.63, 3.8) is 0 Å². The number of benzene rings is 1. The van der Waals surface area contributed by atoms with Crippen LogP contribution in [-0.4, -0.2) is 6.04 Å². The van der Waals surface area contributed by atoms with Crippen LogP contribution in [0.15, 0.2) is 36.4 Å². The fourth-order valence-corrected chi connectivity index (χ4v) is 1.07. The van der Waals surface area contributed by atoms with Crippen LogP contribution in [0.3, 0.4) is 0 Å². The summed E-state index contributed by atoms with van der Waals surface area (Å²) < 4.78 is 0. The number of nitrogens with two attached hydrogens (primary N) is 1. The molecule has 1 atom stereocenters. The third-order valence-corrected chi connectivity index (χ3v) is 2.30. The standard InChI is InChI=1S/C13H19N/c1-13(2,3)12(14)10-9-11-7-5-4-6-8-11/h4-10,12H,14H2,1-3H3/b10-9+/t12-/m1/s1. The highest BCUT2D eigenvalue weighted by molar-refractivity contribution is 5.49. The molecular formula is C13H19N. The van der Waals surface area contributed by atoms with Gasteiger partial charge in [0.25, 0.3) is 0 Å². The molecule has 0 aliphatic carbocycles. The van der Waals surface area contributed by atoms with E-state index in [9.17, 15) is 0 Å². The molecule has 0 radical (unpaired) electrons. The summed E-state index contributed by atoms with van der Waals surface area (Å²) in [6.45, 7) is 6.44. The molecule has 2 N–H and O–H groups in total. The van der Waals surface area contributed by atoms with Crippen LogP contribution >= 0.6 is 0 Å². The van der Waals surface area contributed by atoms with Crippen LogP contribution in [0.2, 0.25) is 0 Å². The molecule has 0 amide bonds. The monoisotopic (exact) mass is 189 g/mol. The molecule has 1 aromatic carbocycles. The smallest absolute Gasteiger partial charge is 0.0276 e. The Bertz CT molecular complexity index is 293. The Morgan fingerprint density at radius 3 is 2.21 bits per heavy atom. The van der Waals surface area contributed by atoms with Gasteiger partial charge in [-0.15, -0.1) is 0 Å². The fraction of sp³-hybridized carbons (Fsp3) is 0.385. The van der Waals surface area contributed by atoms with Crippen LogP contribution in [-0.2, 0) is 0 Å². The van der Waals surface area contributed by atoms with Crippen molar-refractivity contribution in [2.45, 2.75) is 26.8 Å². The largest absolute Gasteiger partial charge is 0.324 e. The first-order valence-electron chi connectivity index (χ1n) is 4.99. The van der Waals surface area contributed by atoms with Gasteiger partial charge in [-0.25, -0.2) is 0 Å². The maximum atomic E-state index is 6.01. The zero-order valence-electron chi connectivity index (χ0n) is 9.20. The van der Waals surface area contributed by atoms with Crippen molar-refractivity contribution in [2.75, 3.05) is 0 Å². The van der Waals surface area contributed by atoms with Crippen LogP contribution in [0.5, 0.6) is 0 Å². The highest BCUT2D eigenvalue weighted by Gasteiger charge is 2.17. The second-order valence-corrected chi connectivity index (χ2v) is 4.66. The molecule has 1 heteroatoms. The summed E-state index contributed by atoms with van der Waals surface area (Å²) in [6, 6.07) is 10.3. The lowest BCUT2D eigenvalue weighted by Gasteiger charge is -2.23. The number of hydrogen-bond donors (Lipinski definition) is 1. The molecule has 0 aliphatic rings. The molecule has 76 valence electrons. The summed E-state index contributed by atoms with van der Waals surface area (Å²) in [5.74, 6) is 0. The van der Waals surface area contributed by atoms with Gasteiger partial charge in [-0.05, 0) is 11.0 Å². The van der Waals surface area contributed by atoms with E-state index in [1.807, 2.05) is 18.2 Å². The van der Waals surface area contributed by atoms with Crippen LogP contribution in [0.25, 0.3) is 6.08 Å². The van der Waals surface area contributed by atoms with Gasteiger partial charge >= 0.3 is 0 Å². The van der Waals surface area contributed by atoms with Crippen molar-refractivity contribution >= 4 is 6.08 Å². The maximum Gasteiger partial charge on any atom is 0.0276 e. The van der Waals surface area contributed by atoms with Crippen LogP contribution in [0.4, 0.5) is 0 Å². The summed E-state index contributed by atoms with van der Waals surface area (Å²) >= 11 is 0. The average Bonchev–Trinajstić information content (AvgIpc) is 2.14. The second-order valence-electron chi connectivity index (χ2n) is 4.66. The quantitative estimate of drug-likeness (QED) is 0.760. The second kappa shape index (κ2) is 4.43. The normalized spacial score (nSPS) is 14.6. The lowest BCUT2D eigenvalue weighted by molar-refractivity contribution is 0.367. The van der Waals surface area contributed by atoms with E-state index in [0.717, 1.165) is 0 Å². The molecule has 1 aromatic rings.